The Kier molecular flexibility index (Phi) is 6.86. The van der Waals surface area contributed by atoms with Gasteiger partial charge in [-0.3, -0.25) is 0 Å². The first-order valence-electron chi connectivity index (χ1n) is 6.83. The van der Waals surface area contributed by atoms with Gasteiger partial charge in [0.05, 0.1) is 0 Å². The topological polar surface area (TPSA) is 48.7 Å². The van der Waals surface area contributed by atoms with Crippen LogP contribution in [0.3, 0.4) is 0 Å². The Morgan fingerprint density at radius 1 is 1.22 bits per heavy atom. The largest absolute Gasteiger partial charge is 0.370 e. The standard InChI is InChI=1S/C15H23N3/c1-13(2)8-5-3-4-6-11-17-15-10-7-9-14(12-16)18-15/h7,9-10,13H,3-6,8,11H2,1-2H3,(H,17,18). The molecule has 0 fully saturated rings. The lowest BCUT2D eigenvalue weighted by molar-refractivity contribution is 0.523. The molecular formula is C15H23N3. The van der Waals surface area contributed by atoms with E-state index in [-0.39, 0.29) is 0 Å². The average Bonchev–Trinajstić information content (AvgIpc) is 2.37. The van der Waals surface area contributed by atoms with Crippen molar-refractivity contribution in [3.8, 4) is 6.07 Å². The van der Waals surface area contributed by atoms with E-state index in [2.05, 4.69) is 24.1 Å². The number of aromatic nitrogens is 1. The molecule has 18 heavy (non-hydrogen) atoms. The van der Waals surface area contributed by atoms with Crippen molar-refractivity contribution >= 4 is 5.82 Å². The van der Waals surface area contributed by atoms with Gasteiger partial charge in [-0.1, -0.05) is 45.6 Å². The maximum absolute atomic E-state index is 8.74. The van der Waals surface area contributed by atoms with Gasteiger partial charge in [-0.05, 0) is 24.5 Å². The van der Waals surface area contributed by atoms with E-state index in [1.807, 2.05) is 18.2 Å². The molecule has 0 unspecified atom stereocenters. The molecule has 1 aromatic rings. The first-order valence-corrected chi connectivity index (χ1v) is 6.83. The van der Waals surface area contributed by atoms with Crippen molar-refractivity contribution < 1.29 is 0 Å². The number of unbranched alkanes of at least 4 members (excludes halogenated alkanes) is 3. The quantitative estimate of drug-likeness (QED) is 0.705. The zero-order valence-electron chi connectivity index (χ0n) is 11.4. The molecule has 1 N–H and O–H groups in total. The average molecular weight is 245 g/mol. The first-order chi connectivity index (χ1) is 8.72. The van der Waals surface area contributed by atoms with Crippen molar-refractivity contribution in [3.63, 3.8) is 0 Å². The van der Waals surface area contributed by atoms with E-state index < -0.39 is 0 Å². The zero-order valence-corrected chi connectivity index (χ0v) is 11.4. The van der Waals surface area contributed by atoms with Crippen LogP contribution in [0.4, 0.5) is 5.82 Å². The van der Waals surface area contributed by atoms with Crippen molar-refractivity contribution in [1.82, 2.24) is 4.98 Å². The van der Waals surface area contributed by atoms with Gasteiger partial charge in [0, 0.05) is 6.54 Å². The second-order valence-electron chi connectivity index (χ2n) is 5.04. The molecular weight excluding hydrogens is 222 g/mol. The predicted octanol–water partition coefficient (Wildman–Crippen LogP) is 3.97. The molecule has 0 atom stereocenters. The lowest BCUT2D eigenvalue weighted by Gasteiger charge is -2.06. The van der Waals surface area contributed by atoms with E-state index in [9.17, 15) is 0 Å². The number of rotatable bonds is 8. The van der Waals surface area contributed by atoms with Gasteiger partial charge >= 0.3 is 0 Å². The molecule has 0 radical (unpaired) electrons. The highest BCUT2D eigenvalue weighted by Gasteiger charge is 1.97. The van der Waals surface area contributed by atoms with E-state index in [0.29, 0.717) is 5.69 Å². The zero-order chi connectivity index (χ0) is 13.2. The van der Waals surface area contributed by atoms with Crippen molar-refractivity contribution in [3.05, 3.63) is 23.9 Å². The molecule has 0 aliphatic rings. The normalized spacial score (nSPS) is 10.3. The number of anilines is 1. The van der Waals surface area contributed by atoms with Gasteiger partial charge in [-0.2, -0.15) is 5.26 Å². The monoisotopic (exact) mass is 245 g/mol. The summed E-state index contributed by atoms with van der Waals surface area (Å²) in [5, 5.41) is 12.0. The number of hydrogen-bond acceptors (Lipinski definition) is 3. The minimum Gasteiger partial charge on any atom is -0.370 e. The number of nitriles is 1. The molecule has 98 valence electrons. The van der Waals surface area contributed by atoms with Crippen LogP contribution < -0.4 is 5.32 Å². The van der Waals surface area contributed by atoms with Crippen LogP contribution in [0.1, 0.15) is 51.6 Å². The fourth-order valence-electron chi connectivity index (χ4n) is 1.84. The Morgan fingerprint density at radius 2 is 2.00 bits per heavy atom. The third kappa shape index (κ3) is 6.24. The van der Waals surface area contributed by atoms with Crippen molar-refractivity contribution in [2.24, 2.45) is 5.92 Å². The summed E-state index contributed by atoms with van der Waals surface area (Å²) < 4.78 is 0. The summed E-state index contributed by atoms with van der Waals surface area (Å²) in [6, 6.07) is 7.52. The summed E-state index contributed by atoms with van der Waals surface area (Å²) in [4.78, 5) is 4.18. The van der Waals surface area contributed by atoms with Crippen LogP contribution >= 0.6 is 0 Å². The molecule has 0 aliphatic heterocycles. The van der Waals surface area contributed by atoms with Gasteiger partial charge in [0.25, 0.3) is 0 Å². The van der Waals surface area contributed by atoms with E-state index in [0.717, 1.165) is 24.7 Å². The minimum atomic E-state index is 0.469. The predicted molar refractivity (Wildman–Crippen MR) is 75.4 cm³/mol. The minimum absolute atomic E-state index is 0.469. The van der Waals surface area contributed by atoms with E-state index in [4.69, 9.17) is 5.26 Å². The highest BCUT2D eigenvalue weighted by atomic mass is 15.0. The smallest absolute Gasteiger partial charge is 0.142 e. The molecule has 0 aromatic carbocycles. The first kappa shape index (κ1) is 14.5. The van der Waals surface area contributed by atoms with Crippen LogP contribution in [0, 0.1) is 17.2 Å². The van der Waals surface area contributed by atoms with Crippen LogP contribution in [0.15, 0.2) is 18.2 Å². The van der Waals surface area contributed by atoms with Crippen LogP contribution in [-0.4, -0.2) is 11.5 Å². The highest BCUT2D eigenvalue weighted by Crippen LogP contribution is 2.10. The number of hydrogen-bond donors (Lipinski definition) is 1. The molecule has 1 rings (SSSR count). The summed E-state index contributed by atoms with van der Waals surface area (Å²) in [5.74, 6) is 1.62. The van der Waals surface area contributed by atoms with Gasteiger partial charge in [-0.25, -0.2) is 4.98 Å². The Bertz CT molecular complexity index is 380. The second kappa shape index (κ2) is 8.52. The van der Waals surface area contributed by atoms with Gasteiger partial charge in [0.15, 0.2) is 0 Å². The Hall–Kier alpha value is -1.56. The lowest BCUT2D eigenvalue weighted by Crippen LogP contribution is -2.03. The van der Waals surface area contributed by atoms with Gasteiger partial charge < -0.3 is 5.32 Å². The Labute approximate surface area is 110 Å². The molecule has 3 heteroatoms. The summed E-state index contributed by atoms with van der Waals surface area (Å²) in [5.41, 5.74) is 0.469. The van der Waals surface area contributed by atoms with Gasteiger partial charge in [0.2, 0.25) is 0 Å². The van der Waals surface area contributed by atoms with Crippen LogP contribution in [0.25, 0.3) is 0 Å². The molecule has 3 nitrogen and oxygen atoms in total. The van der Waals surface area contributed by atoms with Crippen molar-refractivity contribution in [2.45, 2.75) is 46.0 Å². The van der Waals surface area contributed by atoms with Crippen molar-refractivity contribution in [1.29, 1.82) is 5.26 Å². The van der Waals surface area contributed by atoms with Crippen LogP contribution in [0.5, 0.6) is 0 Å². The molecule has 1 heterocycles. The maximum atomic E-state index is 8.74. The molecule has 0 bridgehead atoms. The fourth-order valence-corrected chi connectivity index (χ4v) is 1.84. The molecule has 1 aromatic heterocycles. The summed E-state index contributed by atoms with van der Waals surface area (Å²) >= 11 is 0. The third-order valence-electron chi connectivity index (χ3n) is 2.88. The van der Waals surface area contributed by atoms with Gasteiger partial charge in [0.1, 0.15) is 17.6 Å². The van der Waals surface area contributed by atoms with Crippen molar-refractivity contribution in [2.75, 3.05) is 11.9 Å². The van der Waals surface area contributed by atoms with E-state index in [1.165, 1.54) is 25.7 Å². The summed E-state index contributed by atoms with van der Waals surface area (Å²) in [6.07, 6.45) is 6.40. The maximum Gasteiger partial charge on any atom is 0.142 e. The molecule has 0 aliphatic carbocycles. The molecule has 0 amide bonds. The Balaban J connectivity index is 2.09. The van der Waals surface area contributed by atoms with E-state index in [1.54, 1.807) is 6.07 Å². The fraction of sp³-hybridized carbons (Fsp3) is 0.600. The second-order valence-corrected chi connectivity index (χ2v) is 5.04. The van der Waals surface area contributed by atoms with E-state index >= 15 is 0 Å². The Morgan fingerprint density at radius 3 is 2.72 bits per heavy atom. The number of nitrogens with one attached hydrogen (secondary N) is 1. The summed E-state index contributed by atoms with van der Waals surface area (Å²) in [6.45, 7) is 5.48. The SMILES string of the molecule is CC(C)CCCCCCNc1cccc(C#N)n1. The lowest BCUT2D eigenvalue weighted by atomic mass is 10.0. The van der Waals surface area contributed by atoms with Gasteiger partial charge in [-0.15, -0.1) is 0 Å². The molecule has 0 saturated carbocycles. The highest BCUT2D eigenvalue weighted by molar-refractivity contribution is 5.38. The van der Waals surface area contributed by atoms with Crippen LogP contribution in [0.2, 0.25) is 0 Å². The number of nitrogens with zero attached hydrogens (tertiary/aromatic N) is 2. The number of pyridine rings is 1. The summed E-state index contributed by atoms with van der Waals surface area (Å²) in [7, 11) is 0. The third-order valence-corrected chi connectivity index (χ3v) is 2.88. The molecule has 0 saturated heterocycles. The molecule has 0 spiro atoms. The van der Waals surface area contributed by atoms with Crippen LogP contribution in [-0.2, 0) is 0 Å².